The van der Waals surface area contributed by atoms with E-state index in [1.807, 2.05) is 45.1 Å². The molecule has 1 aromatic heterocycles. The van der Waals surface area contributed by atoms with Crippen LogP contribution < -0.4 is 0 Å². The third kappa shape index (κ3) is 10.3. The van der Waals surface area contributed by atoms with Gasteiger partial charge in [0.2, 0.25) is 0 Å². The fourth-order valence-electron chi connectivity index (χ4n) is 5.89. The highest BCUT2D eigenvalue weighted by Gasteiger charge is 2.58. The molecule has 0 radical (unpaired) electrons. The molecule has 9 unspecified atom stereocenters. The van der Waals surface area contributed by atoms with Crippen molar-refractivity contribution in [2.75, 3.05) is 7.11 Å². The molecule has 11 heteroatoms. The maximum Gasteiger partial charge on any atom is 0.330 e. The number of carboxylic acids is 1. The number of cyclic esters (lactones) is 1. The van der Waals surface area contributed by atoms with Crippen molar-refractivity contribution in [3.05, 3.63) is 71.0 Å². The average Bonchev–Trinajstić information content (AvgIpc) is 3.45. The first-order valence-corrected chi connectivity index (χ1v) is 15.6. The van der Waals surface area contributed by atoms with Crippen molar-refractivity contribution >= 4 is 18.0 Å². The summed E-state index contributed by atoms with van der Waals surface area (Å²) in [4.78, 5) is 28.8. The third-order valence-corrected chi connectivity index (χ3v) is 8.76. The zero-order valence-corrected chi connectivity index (χ0v) is 27.8. The van der Waals surface area contributed by atoms with Crippen molar-refractivity contribution in [2.45, 2.75) is 109 Å². The Morgan fingerprint density at radius 3 is 2.57 bits per heavy atom. The molecule has 1 fully saturated rings. The number of methoxy groups -OCH3 is 1. The molecule has 0 saturated carbocycles. The lowest BCUT2D eigenvalue weighted by molar-refractivity contribution is -0.152. The van der Waals surface area contributed by atoms with E-state index < -0.39 is 66.0 Å². The molecule has 1 saturated heterocycles. The number of aliphatic hydroxyl groups is 3. The lowest BCUT2D eigenvalue weighted by Gasteiger charge is -2.33. The molecule has 46 heavy (non-hydrogen) atoms. The minimum Gasteiger partial charge on any atom is -0.481 e. The van der Waals surface area contributed by atoms with Crippen LogP contribution in [0.2, 0.25) is 0 Å². The molecule has 0 aliphatic carbocycles. The fourth-order valence-corrected chi connectivity index (χ4v) is 5.89. The predicted octanol–water partition coefficient (Wildman–Crippen LogP) is 4.47. The quantitative estimate of drug-likeness (QED) is 0.129. The number of carboxylic acid groups (broad SMARTS) is 1. The van der Waals surface area contributed by atoms with Crippen LogP contribution in [0.4, 0.5) is 0 Å². The zero-order valence-electron chi connectivity index (χ0n) is 27.8. The van der Waals surface area contributed by atoms with Gasteiger partial charge in [-0.15, -0.1) is 0 Å². The third-order valence-electron chi connectivity index (χ3n) is 8.76. The molecule has 254 valence electrons. The van der Waals surface area contributed by atoms with Crippen molar-refractivity contribution in [3.63, 3.8) is 0 Å². The lowest BCUT2D eigenvalue weighted by Crippen LogP contribution is -2.44. The number of carbonyl (C=O) groups is 2. The monoisotopic (exact) mass is 643 g/mol. The summed E-state index contributed by atoms with van der Waals surface area (Å²) in [6, 6.07) is 0. The Balaban J connectivity index is 1.85. The van der Waals surface area contributed by atoms with Crippen LogP contribution in [0.25, 0.3) is 6.08 Å². The highest BCUT2D eigenvalue weighted by Crippen LogP contribution is 2.43. The Kier molecular flexibility index (Phi) is 13.3. The Labute approximate surface area is 271 Å². The van der Waals surface area contributed by atoms with E-state index in [0.717, 1.165) is 16.8 Å². The van der Waals surface area contributed by atoms with Crippen LogP contribution >= 0.6 is 0 Å². The van der Waals surface area contributed by atoms with Gasteiger partial charge >= 0.3 is 11.9 Å². The second kappa shape index (κ2) is 16.5. The predicted molar refractivity (Wildman–Crippen MR) is 171 cm³/mol. The minimum atomic E-state index is -1.32. The Hall–Kier alpha value is -3.35. The Bertz CT molecular complexity index is 1360. The first-order chi connectivity index (χ1) is 21.6. The number of carbonyl (C=O) groups excluding carboxylic acids is 1. The summed E-state index contributed by atoms with van der Waals surface area (Å²) in [6.07, 6.45) is 8.28. The van der Waals surface area contributed by atoms with Gasteiger partial charge < -0.3 is 39.1 Å². The van der Waals surface area contributed by atoms with Gasteiger partial charge in [0.15, 0.2) is 5.89 Å². The minimum absolute atomic E-state index is 0.0948. The first-order valence-electron chi connectivity index (χ1n) is 15.6. The molecule has 3 heterocycles. The number of ether oxygens (including phenoxy) is 3. The SMILES string of the molecule is COC(\C(C)=C/C=C/C(C)=C/c1coc(C)n1)C(C)C1CC(O)C(O)C2(C)OC2/C=C(/C)C(O)CC(CC(=O)O)C/C=C\C(=O)O1. The van der Waals surface area contributed by atoms with Crippen LogP contribution in [-0.2, 0) is 23.8 Å². The van der Waals surface area contributed by atoms with Crippen molar-refractivity contribution < 1.29 is 48.6 Å². The first kappa shape index (κ1) is 37.1. The van der Waals surface area contributed by atoms with Crippen LogP contribution in [0.3, 0.4) is 0 Å². The average molecular weight is 644 g/mol. The number of oxazole rings is 1. The van der Waals surface area contributed by atoms with Crippen LogP contribution in [0.15, 0.2) is 63.9 Å². The number of fused-ring (bicyclic) bond motifs is 1. The van der Waals surface area contributed by atoms with E-state index in [9.17, 15) is 30.0 Å². The molecule has 1 aromatic rings. The number of nitrogens with zero attached hydrogens (tertiary/aromatic N) is 1. The highest BCUT2D eigenvalue weighted by atomic mass is 16.6. The molecule has 0 bridgehead atoms. The fraction of sp³-hybridized carbons (Fsp3) is 0.571. The smallest absolute Gasteiger partial charge is 0.330 e. The van der Waals surface area contributed by atoms with Crippen LogP contribution in [0, 0.1) is 18.8 Å². The normalized spacial score (nSPS) is 33.4. The number of rotatable bonds is 9. The van der Waals surface area contributed by atoms with Crippen LogP contribution in [0.5, 0.6) is 0 Å². The topological polar surface area (TPSA) is 172 Å². The molecular formula is C35H49NO10. The summed E-state index contributed by atoms with van der Waals surface area (Å²) < 4.78 is 22.7. The number of aryl methyl sites for hydroxylation is 1. The van der Waals surface area contributed by atoms with Gasteiger partial charge in [-0.2, -0.15) is 0 Å². The van der Waals surface area contributed by atoms with E-state index in [0.29, 0.717) is 11.5 Å². The van der Waals surface area contributed by atoms with Gasteiger partial charge in [0.05, 0.1) is 18.3 Å². The van der Waals surface area contributed by atoms with E-state index in [1.54, 1.807) is 46.3 Å². The van der Waals surface area contributed by atoms with Crippen molar-refractivity contribution in [3.8, 4) is 0 Å². The van der Waals surface area contributed by atoms with Crippen LogP contribution in [0.1, 0.15) is 71.9 Å². The van der Waals surface area contributed by atoms with Gasteiger partial charge in [-0.3, -0.25) is 4.79 Å². The molecule has 11 nitrogen and oxygen atoms in total. The number of epoxide rings is 1. The number of esters is 1. The maximum absolute atomic E-state index is 13.0. The van der Waals surface area contributed by atoms with Gasteiger partial charge in [0.25, 0.3) is 0 Å². The molecule has 9 atom stereocenters. The second-order valence-corrected chi connectivity index (χ2v) is 12.7. The largest absolute Gasteiger partial charge is 0.481 e. The van der Waals surface area contributed by atoms with Gasteiger partial charge in [-0.1, -0.05) is 37.3 Å². The summed E-state index contributed by atoms with van der Waals surface area (Å²) in [7, 11) is 1.55. The molecule has 3 rings (SSSR count). The summed E-state index contributed by atoms with van der Waals surface area (Å²) in [5.41, 5.74) is 1.98. The molecule has 4 N–H and O–H groups in total. The van der Waals surface area contributed by atoms with E-state index in [1.165, 1.54) is 6.08 Å². The summed E-state index contributed by atoms with van der Waals surface area (Å²) in [5.74, 6) is -1.97. The second-order valence-electron chi connectivity index (χ2n) is 12.7. The van der Waals surface area contributed by atoms with Crippen LogP contribution in [-0.4, -0.2) is 86.7 Å². The number of aliphatic hydroxyl groups excluding tert-OH is 3. The van der Waals surface area contributed by atoms with E-state index in [4.69, 9.17) is 18.6 Å². The number of aliphatic carboxylic acids is 1. The van der Waals surface area contributed by atoms with Gasteiger partial charge in [0.1, 0.15) is 35.9 Å². The number of hydrogen-bond acceptors (Lipinski definition) is 10. The molecule has 0 spiro atoms. The molecule has 0 aromatic carbocycles. The van der Waals surface area contributed by atoms with E-state index >= 15 is 0 Å². The summed E-state index contributed by atoms with van der Waals surface area (Å²) in [5, 5.41) is 42.4. The van der Waals surface area contributed by atoms with Gasteiger partial charge in [0, 0.05) is 38.9 Å². The zero-order chi connectivity index (χ0) is 34.2. The van der Waals surface area contributed by atoms with Gasteiger partial charge in [-0.05, 0) is 69.2 Å². The molecule has 2 aliphatic heterocycles. The van der Waals surface area contributed by atoms with Crippen molar-refractivity contribution in [1.82, 2.24) is 4.98 Å². The number of aromatic nitrogens is 1. The molecule has 2 aliphatic rings. The standard InChI is InChI=1S/C35H49NO10/c1-20(14-26-19-44-24(5)36-26)10-8-11-21(2)33(43-7)23(4)29-18-28(38)34(42)35(6)30(46-35)15-22(3)27(37)16-25(17-31(39)40)12-9-13-32(41)45-29/h8-11,13-15,19,23,25,27-30,33-34,37-38,42H,12,16-18H2,1-7H3,(H,39,40)/b10-8+,13-9-,20-14+,21-11-,22-15-. The lowest BCUT2D eigenvalue weighted by atomic mass is 9.85. The Morgan fingerprint density at radius 1 is 1.22 bits per heavy atom. The van der Waals surface area contributed by atoms with E-state index in [-0.39, 0.29) is 25.7 Å². The van der Waals surface area contributed by atoms with Crippen molar-refractivity contribution in [2.24, 2.45) is 11.8 Å². The highest BCUT2D eigenvalue weighted by molar-refractivity contribution is 5.82. The van der Waals surface area contributed by atoms with Gasteiger partial charge in [-0.25, -0.2) is 9.78 Å². The summed E-state index contributed by atoms with van der Waals surface area (Å²) in [6.45, 7) is 10.8. The molecule has 0 amide bonds. The Morgan fingerprint density at radius 2 is 1.93 bits per heavy atom. The van der Waals surface area contributed by atoms with E-state index in [2.05, 4.69) is 4.98 Å². The van der Waals surface area contributed by atoms with Crippen molar-refractivity contribution in [1.29, 1.82) is 0 Å². The number of allylic oxidation sites excluding steroid dienone is 5. The summed E-state index contributed by atoms with van der Waals surface area (Å²) >= 11 is 0. The number of hydrogen-bond donors (Lipinski definition) is 4. The maximum atomic E-state index is 13.0. The molecular weight excluding hydrogens is 594 g/mol.